The Balaban J connectivity index is 2.46. The molecule has 0 aliphatic carbocycles. The van der Waals surface area contributed by atoms with Gasteiger partial charge in [0.15, 0.2) is 5.78 Å². The van der Waals surface area contributed by atoms with Crippen LogP contribution in [-0.2, 0) is 6.54 Å². The molecule has 2 rings (SSSR count). The van der Waals surface area contributed by atoms with Crippen molar-refractivity contribution in [3.05, 3.63) is 18.2 Å². The number of aromatic nitrogens is 2. The lowest BCUT2D eigenvalue weighted by molar-refractivity contribution is 0.0891. The molecule has 1 aromatic heterocycles. The van der Waals surface area contributed by atoms with Gasteiger partial charge in [0, 0.05) is 12.5 Å². The summed E-state index contributed by atoms with van der Waals surface area (Å²) in [5, 5.41) is 0. The molecule has 3 heteroatoms. The molecule has 1 aliphatic heterocycles. The van der Waals surface area contributed by atoms with E-state index in [9.17, 15) is 4.79 Å². The summed E-state index contributed by atoms with van der Waals surface area (Å²) >= 11 is 0. The van der Waals surface area contributed by atoms with E-state index in [4.69, 9.17) is 0 Å². The van der Waals surface area contributed by atoms with Crippen LogP contribution in [-0.4, -0.2) is 15.3 Å². The fraction of sp³-hybridized carbons (Fsp3) is 0.500. The normalized spacial score (nSPS) is 23.4. The Hall–Kier alpha value is -1.12. The Morgan fingerprint density at radius 2 is 2.55 bits per heavy atom. The van der Waals surface area contributed by atoms with Crippen molar-refractivity contribution in [1.82, 2.24) is 9.55 Å². The zero-order valence-corrected chi connectivity index (χ0v) is 6.45. The van der Waals surface area contributed by atoms with Crippen LogP contribution in [0.2, 0.25) is 0 Å². The molecule has 2 heterocycles. The van der Waals surface area contributed by atoms with E-state index in [0.29, 0.717) is 0 Å². The van der Waals surface area contributed by atoms with Gasteiger partial charge in [-0.1, -0.05) is 6.92 Å². The van der Waals surface area contributed by atoms with Gasteiger partial charge in [0.2, 0.25) is 0 Å². The van der Waals surface area contributed by atoms with Gasteiger partial charge in [0.1, 0.15) is 5.69 Å². The molecule has 0 aromatic carbocycles. The number of rotatable bonds is 0. The molecule has 0 bridgehead atoms. The number of aryl methyl sites for hydroxylation is 1. The molecule has 1 unspecified atom stereocenters. The van der Waals surface area contributed by atoms with Crippen LogP contribution in [0.25, 0.3) is 0 Å². The minimum absolute atomic E-state index is 0.180. The van der Waals surface area contributed by atoms with Crippen molar-refractivity contribution in [2.75, 3.05) is 0 Å². The van der Waals surface area contributed by atoms with Gasteiger partial charge in [-0.3, -0.25) is 4.79 Å². The van der Waals surface area contributed by atoms with Crippen LogP contribution in [0.4, 0.5) is 0 Å². The molecule has 0 saturated heterocycles. The minimum atomic E-state index is 0.180. The largest absolute Gasteiger partial charge is 0.328 e. The third kappa shape index (κ3) is 0.878. The number of imidazole rings is 1. The second-order valence-electron chi connectivity index (χ2n) is 3.03. The summed E-state index contributed by atoms with van der Waals surface area (Å²) in [6.07, 6.45) is 4.32. The number of carbonyl (C=O) groups excluding carboxylic acids is 1. The molecule has 1 atom stereocenters. The molecule has 1 aliphatic rings. The van der Waals surface area contributed by atoms with E-state index in [2.05, 4.69) is 4.98 Å². The number of ketones is 1. The summed E-state index contributed by atoms with van der Waals surface area (Å²) in [5.41, 5.74) is 0.767. The predicted molar refractivity (Wildman–Crippen MR) is 40.3 cm³/mol. The zero-order valence-electron chi connectivity index (χ0n) is 6.45. The fourth-order valence-corrected chi connectivity index (χ4v) is 1.42. The maximum absolute atomic E-state index is 11.4. The van der Waals surface area contributed by atoms with Crippen molar-refractivity contribution in [2.45, 2.75) is 19.9 Å². The van der Waals surface area contributed by atoms with Crippen LogP contribution < -0.4 is 0 Å². The Morgan fingerprint density at radius 1 is 1.73 bits per heavy atom. The Labute approximate surface area is 65.1 Å². The first kappa shape index (κ1) is 6.58. The highest BCUT2D eigenvalue weighted by Gasteiger charge is 2.23. The van der Waals surface area contributed by atoms with Gasteiger partial charge in [0.25, 0.3) is 0 Å². The second-order valence-corrected chi connectivity index (χ2v) is 3.03. The van der Waals surface area contributed by atoms with Crippen LogP contribution in [0.15, 0.2) is 12.5 Å². The summed E-state index contributed by atoms with van der Waals surface area (Å²) in [6.45, 7) is 2.90. The van der Waals surface area contributed by atoms with Gasteiger partial charge >= 0.3 is 0 Å². The lowest BCUT2D eigenvalue weighted by Gasteiger charge is -2.18. The number of Topliss-reactive ketones (excluding diaryl/α,β-unsaturated/α-hetero) is 1. The van der Waals surface area contributed by atoms with Gasteiger partial charge in [-0.05, 0) is 6.42 Å². The van der Waals surface area contributed by atoms with E-state index in [1.54, 1.807) is 12.5 Å². The molecule has 0 radical (unpaired) electrons. The quantitative estimate of drug-likeness (QED) is 0.555. The van der Waals surface area contributed by atoms with Crippen molar-refractivity contribution in [3.8, 4) is 0 Å². The molecule has 0 N–H and O–H groups in total. The molecule has 0 amide bonds. The monoisotopic (exact) mass is 150 g/mol. The topological polar surface area (TPSA) is 34.9 Å². The molecular formula is C8H10N2O. The van der Waals surface area contributed by atoms with Crippen molar-refractivity contribution in [1.29, 1.82) is 0 Å². The van der Waals surface area contributed by atoms with E-state index >= 15 is 0 Å². The number of carbonyl (C=O) groups is 1. The first-order chi connectivity index (χ1) is 5.29. The van der Waals surface area contributed by atoms with Crippen molar-refractivity contribution < 1.29 is 4.79 Å². The van der Waals surface area contributed by atoms with Crippen molar-refractivity contribution >= 4 is 5.78 Å². The number of hydrogen-bond acceptors (Lipinski definition) is 2. The lowest BCUT2D eigenvalue weighted by atomic mass is 9.97. The molecule has 0 spiro atoms. The Morgan fingerprint density at radius 3 is 3.36 bits per heavy atom. The van der Waals surface area contributed by atoms with E-state index in [1.165, 1.54) is 0 Å². The van der Waals surface area contributed by atoms with E-state index in [1.807, 2.05) is 11.5 Å². The Kier molecular flexibility index (Phi) is 1.31. The maximum Gasteiger partial charge on any atom is 0.183 e. The van der Waals surface area contributed by atoms with Crippen LogP contribution in [0.3, 0.4) is 0 Å². The second kappa shape index (κ2) is 2.19. The zero-order chi connectivity index (χ0) is 7.84. The van der Waals surface area contributed by atoms with Gasteiger partial charge in [-0.25, -0.2) is 4.98 Å². The third-order valence-corrected chi connectivity index (χ3v) is 2.22. The smallest absolute Gasteiger partial charge is 0.183 e. The maximum atomic E-state index is 11.4. The standard InChI is InChI=1S/C8H10N2O/c1-6-2-3-10-5-9-4-7(10)8(6)11/h4-6H,2-3H2,1H3. The molecule has 0 fully saturated rings. The summed E-state index contributed by atoms with van der Waals surface area (Å²) in [6, 6.07) is 0. The first-order valence-corrected chi connectivity index (χ1v) is 3.83. The predicted octanol–water partition coefficient (Wildman–Crippen LogP) is 1.11. The average Bonchev–Trinajstić information content (AvgIpc) is 2.45. The minimum Gasteiger partial charge on any atom is -0.328 e. The molecule has 1 aromatic rings. The van der Waals surface area contributed by atoms with Crippen molar-refractivity contribution in [2.24, 2.45) is 5.92 Å². The Bertz CT molecular complexity index is 290. The van der Waals surface area contributed by atoms with Gasteiger partial charge < -0.3 is 4.57 Å². The molecular weight excluding hydrogens is 140 g/mol. The fourth-order valence-electron chi connectivity index (χ4n) is 1.42. The van der Waals surface area contributed by atoms with Crippen LogP contribution >= 0.6 is 0 Å². The number of nitrogens with zero attached hydrogens (tertiary/aromatic N) is 2. The molecule has 0 saturated carbocycles. The van der Waals surface area contributed by atoms with E-state index in [-0.39, 0.29) is 11.7 Å². The highest BCUT2D eigenvalue weighted by Crippen LogP contribution is 2.18. The van der Waals surface area contributed by atoms with Crippen LogP contribution in [0.1, 0.15) is 23.8 Å². The van der Waals surface area contributed by atoms with E-state index in [0.717, 1.165) is 18.7 Å². The molecule has 3 nitrogen and oxygen atoms in total. The average molecular weight is 150 g/mol. The SMILES string of the molecule is CC1CCn2cncc2C1=O. The van der Waals surface area contributed by atoms with Gasteiger partial charge in [-0.2, -0.15) is 0 Å². The highest BCUT2D eigenvalue weighted by atomic mass is 16.1. The highest BCUT2D eigenvalue weighted by molar-refractivity contribution is 5.96. The van der Waals surface area contributed by atoms with Crippen LogP contribution in [0, 0.1) is 5.92 Å². The molecule has 11 heavy (non-hydrogen) atoms. The van der Waals surface area contributed by atoms with Gasteiger partial charge in [0.05, 0.1) is 12.5 Å². The summed E-state index contributed by atoms with van der Waals surface area (Å²) < 4.78 is 1.92. The lowest BCUT2D eigenvalue weighted by Crippen LogP contribution is -2.23. The van der Waals surface area contributed by atoms with Crippen LogP contribution in [0.5, 0.6) is 0 Å². The summed E-state index contributed by atoms with van der Waals surface area (Å²) in [4.78, 5) is 15.3. The van der Waals surface area contributed by atoms with Crippen molar-refractivity contribution in [3.63, 3.8) is 0 Å². The third-order valence-electron chi connectivity index (χ3n) is 2.22. The summed E-state index contributed by atoms with van der Waals surface area (Å²) in [7, 11) is 0. The number of hydrogen-bond donors (Lipinski definition) is 0. The van der Waals surface area contributed by atoms with E-state index < -0.39 is 0 Å². The molecule has 58 valence electrons. The first-order valence-electron chi connectivity index (χ1n) is 3.83. The number of fused-ring (bicyclic) bond motifs is 1. The van der Waals surface area contributed by atoms with Gasteiger partial charge in [-0.15, -0.1) is 0 Å². The summed E-state index contributed by atoms with van der Waals surface area (Å²) in [5.74, 6) is 0.410.